The Balaban J connectivity index is 1.09. The number of pyridine rings is 2. The molecule has 3 aromatic rings. The lowest BCUT2D eigenvalue weighted by molar-refractivity contribution is -0.133. The lowest BCUT2D eigenvalue weighted by Crippen LogP contribution is -2.35. The molecule has 1 atom stereocenters. The molecule has 36 heavy (non-hydrogen) atoms. The van der Waals surface area contributed by atoms with Crippen LogP contribution in [-0.4, -0.2) is 76.3 Å². The van der Waals surface area contributed by atoms with Crippen LogP contribution >= 0.6 is 0 Å². The largest absolute Gasteiger partial charge is 0.439 e. The van der Waals surface area contributed by atoms with Gasteiger partial charge in [0.25, 0.3) is 0 Å². The number of rotatable bonds is 6. The summed E-state index contributed by atoms with van der Waals surface area (Å²) in [6, 6.07) is 14.0. The minimum Gasteiger partial charge on any atom is -0.439 e. The maximum Gasteiger partial charge on any atom is 0.248 e. The summed E-state index contributed by atoms with van der Waals surface area (Å²) in [6.07, 6.45) is 7.74. The molecular weight excluding hydrogens is 454 g/mol. The minimum atomic E-state index is -0.398. The zero-order valence-electron chi connectivity index (χ0n) is 20.1. The fraction of sp³-hybridized carbons (Fsp3) is 0.357. The van der Waals surface area contributed by atoms with Crippen LogP contribution in [0, 0.1) is 5.41 Å². The smallest absolute Gasteiger partial charge is 0.248 e. The van der Waals surface area contributed by atoms with Gasteiger partial charge in [-0.2, -0.15) is 0 Å². The number of hydrogen-bond donors (Lipinski definition) is 1. The van der Waals surface area contributed by atoms with Crippen LogP contribution in [0.25, 0.3) is 16.5 Å². The lowest BCUT2D eigenvalue weighted by atomic mass is 9.86. The van der Waals surface area contributed by atoms with Crippen molar-refractivity contribution in [3.8, 4) is 11.6 Å². The highest BCUT2D eigenvalue weighted by Crippen LogP contribution is 2.40. The standard InChI is InChI=1S/C28H29N5O3/c34-17-27(35)33-12-9-28(19-33)8-11-32(18-28)16-23-3-1-20-13-24(4-5-25(20)31-23)36-26-6-2-21(15-30-26)22-7-10-29-14-22/h1-7,10,13,15,34H,8-9,11-12,14,16-19H2. The van der Waals surface area contributed by atoms with Crippen LogP contribution in [0.5, 0.6) is 11.6 Å². The van der Waals surface area contributed by atoms with Crippen LogP contribution in [0.1, 0.15) is 24.1 Å². The van der Waals surface area contributed by atoms with Crippen molar-refractivity contribution in [1.82, 2.24) is 19.8 Å². The number of amides is 1. The molecular formula is C28H29N5O3. The Bertz CT molecular complexity index is 1350. The van der Waals surface area contributed by atoms with E-state index in [2.05, 4.69) is 27.0 Å². The van der Waals surface area contributed by atoms with Crippen molar-refractivity contribution in [3.63, 3.8) is 0 Å². The Morgan fingerprint density at radius 1 is 1.08 bits per heavy atom. The first-order chi connectivity index (χ1) is 17.6. The Morgan fingerprint density at radius 3 is 2.81 bits per heavy atom. The Morgan fingerprint density at radius 2 is 2.00 bits per heavy atom. The summed E-state index contributed by atoms with van der Waals surface area (Å²) < 4.78 is 5.99. The van der Waals surface area contributed by atoms with Crippen LogP contribution in [-0.2, 0) is 11.3 Å². The molecule has 2 aromatic heterocycles. The van der Waals surface area contributed by atoms with E-state index in [1.165, 1.54) is 0 Å². The Hall–Kier alpha value is -3.62. The van der Waals surface area contributed by atoms with Gasteiger partial charge >= 0.3 is 0 Å². The highest BCUT2D eigenvalue weighted by molar-refractivity contribution is 5.89. The highest BCUT2D eigenvalue weighted by Gasteiger charge is 2.44. The third-order valence-electron chi connectivity index (χ3n) is 7.52. The second kappa shape index (κ2) is 9.44. The van der Waals surface area contributed by atoms with Gasteiger partial charge in [-0.3, -0.25) is 19.7 Å². The lowest BCUT2D eigenvalue weighted by Gasteiger charge is -2.24. The van der Waals surface area contributed by atoms with Crippen molar-refractivity contribution in [2.75, 3.05) is 39.3 Å². The fourth-order valence-corrected chi connectivity index (χ4v) is 5.56. The first-order valence-corrected chi connectivity index (χ1v) is 12.4. The van der Waals surface area contributed by atoms with Gasteiger partial charge in [-0.1, -0.05) is 6.07 Å². The minimum absolute atomic E-state index is 0.155. The molecule has 0 saturated carbocycles. The molecule has 0 aliphatic carbocycles. The van der Waals surface area contributed by atoms with E-state index >= 15 is 0 Å². The van der Waals surface area contributed by atoms with E-state index in [0.717, 1.165) is 79.0 Å². The average molecular weight is 484 g/mol. The second-order valence-corrected chi connectivity index (χ2v) is 10.0. The molecule has 0 radical (unpaired) electrons. The van der Waals surface area contributed by atoms with Gasteiger partial charge in [0.1, 0.15) is 12.4 Å². The predicted octanol–water partition coefficient (Wildman–Crippen LogP) is 3.31. The van der Waals surface area contributed by atoms with Crippen LogP contribution in [0.2, 0.25) is 0 Å². The van der Waals surface area contributed by atoms with Crippen molar-refractivity contribution in [1.29, 1.82) is 0 Å². The van der Waals surface area contributed by atoms with Crippen LogP contribution in [0.15, 0.2) is 59.7 Å². The van der Waals surface area contributed by atoms with Gasteiger partial charge < -0.3 is 14.7 Å². The van der Waals surface area contributed by atoms with Crippen molar-refractivity contribution in [2.45, 2.75) is 19.4 Å². The van der Waals surface area contributed by atoms with Gasteiger partial charge in [0.05, 0.1) is 17.8 Å². The molecule has 5 heterocycles. The maximum atomic E-state index is 11.9. The third-order valence-corrected chi connectivity index (χ3v) is 7.52. The van der Waals surface area contributed by atoms with E-state index in [4.69, 9.17) is 9.72 Å². The van der Waals surface area contributed by atoms with Gasteiger partial charge in [-0.15, -0.1) is 0 Å². The number of carbonyl (C=O) groups excluding carboxylic acids is 1. The number of fused-ring (bicyclic) bond motifs is 1. The number of carbonyl (C=O) groups is 1. The zero-order chi connectivity index (χ0) is 24.5. The SMILES string of the molecule is O=C(CO)N1CCC2(CCN(Cc3ccc4cc(Oc5ccc(C6=CC=NC6)cn5)ccc4n3)C2)C1. The van der Waals surface area contributed by atoms with E-state index in [1.807, 2.05) is 53.7 Å². The van der Waals surface area contributed by atoms with Gasteiger partial charge in [-0.05, 0) is 66.9 Å². The van der Waals surface area contributed by atoms with Crippen molar-refractivity contribution >= 4 is 28.6 Å². The van der Waals surface area contributed by atoms with Crippen molar-refractivity contribution < 1.29 is 14.6 Å². The van der Waals surface area contributed by atoms with Crippen LogP contribution in [0.4, 0.5) is 0 Å². The second-order valence-electron chi connectivity index (χ2n) is 10.0. The molecule has 8 heteroatoms. The summed E-state index contributed by atoms with van der Waals surface area (Å²) >= 11 is 0. The molecule has 1 amide bonds. The number of aromatic nitrogens is 2. The number of ether oxygens (including phenoxy) is 1. The quantitative estimate of drug-likeness (QED) is 0.579. The van der Waals surface area contributed by atoms with E-state index in [9.17, 15) is 9.90 Å². The van der Waals surface area contributed by atoms with Gasteiger partial charge in [0, 0.05) is 55.5 Å². The van der Waals surface area contributed by atoms with Crippen LogP contribution in [0.3, 0.4) is 0 Å². The number of nitrogens with zero attached hydrogens (tertiary/aromatic N) is 5. The number of aliphatic hydroxyl groups excluding tert-OH is 1. The highest BCUT2D eigenvalue weighted by atomic mass is 16.5. The summed E-state index contributed by atoms with van der Waals surface area (Å²) in [5, 5.41) is 10.2. The van der Waals surface area contributed by atoms with Crippen LogP contribution < -0.4 is 4.74 Å². The van der Waals surface area contributed by atoms with E-state index in [1.54, 1.807) is 0 Å². The summed E-state index contributed by atoms with van der Waals surface area (Å²) in [5.41, 5.74) is 4.35. The molecule has 184 valence electrons. The predicted molar refractivity (Wildman–Crippen MR) is 138 cm³/mol. The molecule has 3 aliphatic rings. The Labute approximate surface area is 209 Å². The van der Waals surface area contributed by atoms with Crippen molar-refractivity contribution in [2.24, 2.45) is 10.4 Å². The van der Waals surface area contributed by atoms with Gasteiger partial charge in [0.2, 0.25) is 11.8 Å². The molecule has 2 saturated heterocycles. The van der Waals surface area contributed by atoms with E-state index < -0.39 is 6.61 Å². The van der Waals surface area contributed by atoms with E-state index in [0.29, 0.717) is 12.4 Å². The number of hydrogen-bond acceptors (Lipinski definition) is 7. The van der Waals surface area contributed by atoms with Crippen molar-refractivity contribution in [3.05, 3.63) is 66.0 Å². The van der Waals surface area contributed by atoms with E-state index in [-0.39, 0.29) is 11.3 Å². The summed E-state index contributed by atoms with van der Waals surface area (Å²) in [5.74, 6) is 1.12. The summed E-state index contributed by atoms with van der Waals surface area (Å²) in [6.45, 7) is 4.56. The fourth-order valence-electron chi connectivity index (χ4n) is 5.56. The first-order valence-electron chi connectivity index (χ1n) is 12.4. The molecule has 1 aromatic carbocycles. The molecule has 1 N–H and O–H groups in total. The number of aliphatic hydroxyl groups is 1. The summed E-state index contributed by atoms with van der Waals surface area (Å²) in [4.78, 5) is 29.7. The number of aliphatic imine (C=N–C) groups is 1. The molecule has 6 rings (SSSR count). The number of likely N-dealkylation sites (tertiary alicyclic amines) is 2. The zero-order valence-corrected chi connectivity index (χ0v) is 20.1. The normalized spacial score (nSPS) is 21.6. The number of allylic oxidation sites excluding steroid dienone is 1. The average Bonchev–Trinajstić information content (AvgIpc) is 3.67. The monoisotopic (exact) mass is 483 g/mol. The number of benzene rings is 1. The molecule has 0 bridgehead atoms. The maximum absolute atomic E-state index is 11.9. The third kappa shape index (κ3) is 4.62. The van der Waals surface area contributed by atoms with Gasteiger partial charge in [-0.25, -0.2) is 4.98 Å². The molecule has 1 spiro atoms. The molecule has 1 unspecified atom stereocenters. The topological polar surface area (TPSA) is 91.2 Å². The molecule has 8 nitrogen and oxygen atoms in total. The van der Waals surface area contributed by atoms with Gasteiger partial charge in [0.15, 0.2) is 0 Å². The Kier molecular flexibility index (Phi) is 5.99. The molecule has 2 fully saturated rings. The molecule has 3 aliphatic heterocycles. The summed E-state index contributed by atoms with van der Waals surface area (Å²) in [7, 11) is 0. The first kappa shape index (κ1) is 22.8.